The van der Waals surface area contributed by atoms with E-state index in [0.717, 1.165) is 62.9 Å². The molecule has 0 atom stereocenters. The maximum Gasteiger partial charge on any atom is 0.121 e. The maximum absolute atomic E-state index is 6.38. The first-order valence-electron chi connectivity index (χ1n) is 18.2. The van der Waals surface area contributed by atoms with Crippen molar-refractivity contribution in [3.63, 3.8) is 0 Å². The van der Waals surface area contributed by atoms with Crippen LogP contribution in [-0.4, -0.2) is 18.0 Å². The fraction of sp³-hybridized carbons (Fsp3) is 0.167. The number of nitrogens with zero attached hydrogens (tertiary/aromatic N) is 2. The van der Waals surface area contributed by atoms with Crippen LogP contribution >= 0.6 is 0 Å². The van der Waals surface area contributed by atoms with Crippen molar-refractivity contribution in [2.75, 3.05) is 0 Å². The van der Waals surface area contributed by atoms with Gasteiger partial charge in [-0.1, -0.05) is 152 Å². The van der Waals surface area contributed by atoms with Gasteiger partial charge in [-0.15, -0.1) is 48.0 Å². The molecule has 3 nitrogen and oxygen atoms in total. The third-order valence-electron chi connectivity index (χ3n) is 9.86. The molecule has 3 heterocycles. The molecule has 5 aromatic carbocycles. The standard InChI is InChI=1S/C28H24NO.C20H20NSi.Ir/c1-3-19(4-2)22-15-16-29-26(17-22)25-12-8-11-24-23-14-13-21(18-27(23)30-28(24)25)20-9-6-5-7-10-20;1-22(2,3)19-13-14-20(21-15-19)18-11-9-17(10-12-18)16-7-5-4-6-8-16;/h5-11,13-19H,3-4H2,1-2H3;4-11,13-15H,1-3H3;/q2*-1;. The number of hydrogen-bond donors (Lipinski definition) is 0. The zero-order chi connectivity index (χ0) is 36.1. The molecule has 1 radical (unpaired) electrons. The van der Waals surface area contributed by atoms with E-state index in [-0.39, 0.29) is 20.1 Å². The Morgan fingerprint density at radius 1 is 0.642 bits per heavy atom. The molecule has 0 spiro atoms. The molecule has 0 aliphatic heterocycles. The van der Waals surface area contributed by atoms with Crippen molar-refractivity contribution in [2.45, 2.75) is 52.2 Å². The summed E-state index contributed by atoms with van der Waals surface area (Å²) in [6.07, 6.45) is 6.19. The van der Waals surface area contributed by atoms with Crippen molar-refractivity contribution in [2.24, 2.45) is 0 Å². The van der Waals surface area contributed by atoms with Crippen molar-refractivity contribution in [3.05, 3.63) is 164 Å². The summed E-state index contributed by atoms with van der Waals surface area (Å²) in [5.41, 5.74) is 11.7. The molecule has 5 heteroatoms. The predicted octanol–water partition coefficient (Wildman–Crippen LogP) is 12.8. The molecule has 3 aromatic heterocycles. The Hall–Kier alpha value is -4.93. The van der Waals surface area contributed by atoms with Gasteiger partial charge in [0.15, 0.2) is 0 Å². The molecule has 267 valence electrons. The van der Waals surface area contributed by atoms with E-state index in [1.165, 1.54) is 27.4 Å². The Morgan fingerprint density at radius 3 is 1.96 bits per heavy atom. The van der Waals surface area contributed by atoms with Crippen molar-refractivity contribution in [3.8, 4) is 44.8 Å². The fourth-order valence-electron chi connectivity index (χ4n) is 6.73. The second-order valence-electron chi connectivity index (χ2n) is 14.3. The first-order chi connectivity index (χ1) is 25.3. The van der Waals surface area contributed by atoms with Crippen molar-refractivity contribution in [1.82, 2.24) is 9.97 Å². The molecule has 0 unspecified atom stereocenters. The summed E-state index contributed by atoms with van der Waals surface area (Å²) in [6, 6.07) is 52.9. The molecule has 8 aromatic rings. The zero-order valence-corrected chi connectivity index (χ0v) is 34.4. The summed E-state index contributed by atoms with van der Waals surface area (Å²) in [7, 11) is -1.28. The molecule has 0 amide bonds. The topological polar surface area (TPSA) is 38.9 Å². The van der Waals surface area contributed by atoms with Crippen LogP contribution in [0.15, 0.2) is 150 Å². The average molecular weight is 885 g/mol. The summed E-state index contributed by atoms with van der Waals surface area (Å²) in [5, 5.41) is 3.61. The second-order valence-corrected chi connectivity index (χ2v) is 19.4. The predicted molar refractivity (Wildman–Crippen MR) is 221 cm³/mol. The van der Waals surface area contributed by atoms with Gasteiger partial charge in [0.05, 0.1) is 13.7 Å². The fourth-order valence-corrected chi connectivity index (χ4v) is 7.77. The van der Waals surface area contributed by atoms with Gasteiger partial charge in [-0.25, -0.2) is 0 Å². The normalized spacial score (nSPS) is 11.3. The largest absolute Gasteiger partial charge is 0.501 e. The SMILES string of the molecule is CCC(CC)c1ccnc(-c2[c-]ccc3c2oc2cc(-c4ccccc4)ccc23)c1.C[Si](C)(C)c1ccc(-c2[c-]cc(-c3ccccc3)cc2)nc1.[Ir]. The molecule has 8 rings (SSSR count). The molecule has 0 saturated heterocycles. The number of furan rings is 1. The molecule has 0 saturated carbocycles. The van der Waals surface area contributed by atoms with Crippen LogP contribution in [0.2, 0.25) is 19.6 Å². The Balaban J connectivity index is 0.000000187. The van der Waals surface area contributed by atoms with E-state index in [9.17, 15) is 0 Å². The molecule has 0 fully saturated rings. The minimum Gasteiger partial charge on any atom is -0.501 e. The molecular formula is C48H44IrN2OSi-2. The third kappa shape index (κ3) is 8.50. The van der Waals surface area contributed by atoms with E-state index in [0.29, 0.717) is 5.92 Å². The van der Waals surface area contributed by atoms with Crippen molar-refractivity contribution < 1.29 is 24.5 Å². The van der Waals surface area contributed by atoms with Crippen LogP contribution < -0.4 is 5.19 Å². The first kappa shape index (κ1) is 37.8. The quantitative estimate of drug-likeness (QED) is 0.113. The van der Waals surface area contributed by atoms with E-state index in [1.54, 1.807) is 0 Å². The van der Waals surface area contributed by atoms with Gasteiger partial charge in [-0.3, -0.25) is 0 Å². The summed E-state index contributed by atoms with van der Waals surface area (Å²) in [6.45, 7) is 11.5. The van der Waals surface area contributed by atoms with E-state index in [1.807, 2.05) is 36.7 Å². The minimum atomic E-state index is -1.28. The van der Waals surface area contributed by atoms with Crippen molar-refractivity contribution in [1.29, 1.82) is 0 Å². The van der Waals surface area contributed by atoms with Gasteiger partial charge in [0.25, 0.3) is 0 Å². The maximum atomic E-state index is 6.38. The number of rotatable bonds is 8. The van der Waals surface area contributed by atoms with Crippen LogP contribution in [0.3, 0.4) is 0 Å². The van der Waals surface area contributed by atoms with Gasteiger partial charge in [0.2, 0.25) is 0 Å². The molecule has 0 aliphatic rings. The van der Waals surface area contributed by atoms with Crippen molar-refractivity contribution >= 4 is 35.2 Å². The molecule has 0 aliphatic carbocycles. The van der Waals surface area contributed by atoms with Crippen LogP contribution in [0.25, 0.3) is 66.7 Å². The Bertz CT molecular complexity index is 2390. The molecule has 0 bridgehead atoms. The smallest absolute Gasteiger partial charge is 0.121 e. The zero-order valence-electron chi connectivity index (χ0n) is 31.0. The number of pyridine rings is 2. The van der Waals surface area contributed by atoms with Crippen LogP contribution in [-0.2, 0) is 20.1 Å². The van der Waals surface area contributed by atoms with Gasteiger partial charge in [0.1, 0.15) is 5.58 Å². The van der Waals surface area contributed by atoms with Crippen LogP contribution in [0.4, 0.5) is 0 Å². The molecule has 0 N–H and O–H groups in total. The number of hydrogen-bond acceptors (Lipinski definition) is 3. The summed E-state index contributed by atoms with van der Waals surface area (Å²) in [5.74, 6) is 0.551. The average Bonchev–Trinajstić information content (AvgIpc) is 3.57. The van der Waals surface area contributed by atoms with E-state index >= 15 is 0 Å². The van der Waals surface area contributed by atoms with E-state index in [4.69, 9.17) is 4.42 Å². The van der Waals surface area contributed by atoms with Gasteiger partial charge >= 0.3 is 0 Å². The van der Waals surface area contributed by atoms with Crippen LogP contribution in [0, 0.1) is 12.1 Å². The Labute approximate surface area is 328 Å². The number of fused-ring (bicyclic) bond motifs is 3. The van der Waals surface area contributed by atoms with Crippen LogP contribution in [0.1, 0.15) is 38.2 Å². The van der Waals surface area contributed by atoms with Gasteiger partial charge < -0.3 is 14.4 Å². The number of aromatic nitrogens is 2. The Morgan fingerprint density at radius 2 is 1.34 bits per heavy atom. The Kier molecular flexibility index (Phi) is 12.0. The molecule has 53 heavy (non-hydrogen) atoms. The first-order valence-corrected chi connectivity index (χ1v) is 21.7. The van der Waals surface area contributed by atoms with E-state index < -0.39 is 8.07 Å². The van der Waals surface area contributed by atoms with Gasteiger partial charge in [0, 0.05) is 37.9 Å². The van der Waals surface area contributed by atoms with Crippen LogP contribution in [0.5, 0.6) is 0 Å². The third-order valence-corrected chi connectivity index (χ3v) is 11.9. The van der Waals surface area contributed by atoms with Gasteiger partial charge in [-0.05, 0) is 58.6 Å². The second kappa shape index (κ2) is 16.8. The van der Waals surface area contributed by atoms with E-state index in [2.05, 4.69) is 165 Å². The summed E-state index contributed by atoms with van der Waals surface area (Å²) in [4.78, 5) is 9.28. The minimum absolute atomic E-state index is 0. The van der Waals surface area contributed by atoms with Gasteiger partial charge in [-0.2, -0.15) is 0 Å². The molecular weight excluding hydrogens is 841 g/mol. The summed E-state index contributed by atoms with van der Waals surface area (Å²) < 4.78 is 6.38. The monoisotopic (exact) mass is 885 g/mol. The summed E-state index contributed by atoms with van der Waals surface area (Å²) >= 11 is 0. The number of benzene rings is 5.